The molecular formula is C25H21ClN2O5S2. The van der Waals surface area contributed by atoms with E-state index in [0.717, 1.165) is 11.3 Å². The van der Waals surface area contributed by atoms with Gasteiger partial charge in [-0.2, -0.15) is 0 Å². The number of nitrogen functional groups attached to an aromatic ring is 1. The van der Waals surface area contributed by atoms with E-state index in [-0.39, 0.29) is 25.4 Å². The Kier molecular flexibility index (Phi) is 7.02. The normalized spacial score (nSPS) is 11.2. The van der Waals surface area contributed by atoms with Gasteiger partial charge in [0.25, 0.3) is 0 Å². The van der Waals surface area contributed by atoms with Crippen molar-refractivity contribution in [1.82, 2.24) is 0 Å². The third-order valence-electron chi connectivity index (χ3n) is 5.19. The number of hydrogen-bond donors (Lipinski definition) is 2. The summed E-state index contributed by atoms with van der Waals surface area (Å²) >= 11 is 6.90. The molecule has 10 heteroatoms. The minimum absolute atomic E-state index is 0.00476. The van der Waals surface area contributed by atoms with Gasteiger partial charge in [-0.25, -0.2) is 8.42 Å². The lowest BCUT2D eigenvalue weighted by Gasteiger charge is -2.12. The second-order valence-corrected chi connectivity index (χ2v) is 10.7. The maximum atomic E-state index is 13.7. The van der Waals surface area contributed by atoms with Gasteiger partial charge < -0.3 is 20.5 Å². The van der Waals surface area contributed by atoms with Crippen molar-refractivity contribution in [2.24, 2.45) is 0 Å². The molecule has 0 bridgehead atoms. The standard InChI is InChI=1S/C25H21ClN2O5S2/c1-32-17-7-5-6-15(14-17)22(29)23-21(27)24(35(30,31)18-12-10-16(26)11-13-18)25(34-23)28-19-8-3-4-9-20(19)33-2/h3-14,28H,27H2,1-2H3. The first-order chi connectivity index (χ1) is 16.8. The zero-order chi connectivity index (χ0) is 25.2. The third kappa shape index (κ3) is 4.84. The molecule has 180 valence electrons. The van der Waals surface area contributed by atoms with Crippen LogP contribution in [0, 0.1) is 0 Å². The van der Waals surface area contributed by atoms with Crippen molar-refractivity contribution in [3.63, 3.8) is 0 Å². The minimum Gasteiger partial charge on any atom is -0.497 e. The van der Waals surface area contributed by atoms with Crippen LogP contribution in [0.4, 0.5) is 16.4 Å². The summed E-state index contributed by atoms with van der Waals surface area (Å²) in [5.41, 5.74) is 7.06. The van der Waals surface area contributed by atoms with Crippen LogP contribution in [0.25, 0.3) is 0 Å². The molecule has 4 aromatic rings. The predicted molar refractivity (Wildman–Crippen MR) is 138 cm³/mol. The van der Waals surface area contributed by atoms with Gasteiger partial charge in [-0.1, -0.05) is 35.9 Å². The van der Waals surface area contributed by atoms with Gasteiger partial charge in [-0.05, 0) is 48.5 Å². The smallest absolute Gasteiger partial charge is 0.211 e. The number of sulfone groups is 1. The topological polar surface area (TPSA) is 108 Å². The van der Waals surface area contributed by atoms with Crippen molar-refractivity contribution in [3.05, 3.63) is 88.3 Å². The SMILES string of the molecule is COc1cccc(C(=O)c2sc(Nc3ccccc3OC)c(S(=O)(=O)c3ccc(Cl)cc3)c2N)c1. The van der Waals surface area contributed by atoms with E-state index < -0.39 is 15.6 Å². The number of hydrogen-bond acceptors (Lipinski definition) is 8. The first-order valence-electron chi connectivity index (χ1n) is 10.3. The summed E-state index contributed by atoms with van der Waals surface area (Å²) < 4.78 is 38.0. The molecule has 0 aliphatic heterocycles. The molecule has 0 saturated carbocycles. The van der Waals surface area contributed by atoms with E-state index in [2.05, 4.69) is 5.32 Å². The summed E-state index contributed by atoms with van der Waals surface area (Å²) in [5, 5.41) is 3.68. The average Bonchev–Trinajstić information content (AvgIpc) is 3.20. The number of nitrogens with one attached hydrogen (secondary N) is 1. The van der Waals surface area contributed by atoms with Gasteiger partial charge in [0.15, 0.2) is 0 Å². The van der Waals surface area contributed by atoms with Gasteiger partial charge in [0.2, 0.25) is 15.6 Å². The van der Waals surface area contributed by atoms with E-state index in [1.807, 2.05) is 0 Å². The van der Waals surface area contributed by atoms with E-state index in [9.17, 15) is 13.2 Å². The van der Waals surface area contributed by atoms with E-state index in [0.29, 0.717) is 27.8 Å². The highest BCUT2D eigenvalue weighted by molar-refractivity contribution is 7.92. The zero-order valence-corrected chi connectivity index (χ0v) is 21.1. The monoisotopic (exact) mass is 528 g/mol. The van der Waals surface area contributed by atoms with Gasteiger partial charge in [0, 0.05) is 10.6 Å². The van der Waals surface area contributed by atoms with Crippen LogP contribution in [0.3, 0.4) is 0 Å². The van der Waals surface area contributed by atoms with Crippen molar-refractivity contribution in [1.29, 1.82) is 0 Å². The number of para-hydroxylation sites is 2. The van der Waals surface area contributed by atoms with Crippen LogP contribution in [-0.4, -0.2) is 28.4 Å². The molecule has 0 saturated heterocycles. The Balaban J connectivity index is 1.90. The Labute approximate surface area is 212 Å². The number of nitrogens with two attached hydrogens (primary N) is 1. The highest BCUT2D eigenvalue weighted by Gasteiger charge is 2.32. The van der Waals surface area contributed by atoms with Gasteiger partial charge in [-0.3, -0.25) is 4.79 Å². The summed E-state index contributed by atoms with van der Waals surface area (Å²) in [6, 6.07) is 19.3. The minimum atomic E-state index is -4.12. The molecule has 0 amide bonds. The van der Waals surface area contributed by atoms with Crippen molar-refractivity contribution in [3.8, 4) is 11.5 Å². The predicted octanol–water partition coefficient (Wildman–Crippen LogP) is 5.81. The number of halogens is 1. The fourth-order valence-corrected chi connectivity index (χ4v) is 6.50. The van der Waals surface area contributed by atoms with Crippen LogP contribution in [0.5, 0.6) is 11.5 Å². The van der Waals surface area contributed by atoms with Gasteiger partial charge >= 0.3 is 0 Å². The Morgan fingerprint density at radius 1 is 0.971 bits per heavy atom. The van der Waals surface area contributed by atoms with E-state index in [4.69, 9.17) is 26.8 Å². The molecule has 3 aromatic carbocycles. The average molecular weight is 529 g/mol. The molecule has 0 aliphatic rings. The Morgan fingerprint density at radius 3 is 2.37 bits per heavy atom. The van der Waals surface area contributed by atoms with Crippen LogP contribution in [0.2, 0.25) is 5.02 Å². The first kappa shape index (κ1) is 24.6. The Morgan fingerprint density at radius 2 is 1.69 bits per heavy atom. The molecule has 0 fully saturated rings. The quantitative estimate of drug-likeness (QED) is 0.278. The molecule has 0 unspecified atom stereocenters. The fourth-order valence-electron chi connectivity index (χ4n) is 3.44. The van der Waals surface area contributed by atoms with Gasteiger partial charge in [0.1, 0.15) is 26.3 Å². The molecule has 3 N–H and O–H groups in total. The van der Waals surface area contributed by atoms with Gasteiger partial charge in [-0.15, -0.1) is 11.3 Å². The molecule has 4 rings (SSSR count). The number of carbonyl (C=O) groups is 1. The lowest BCUT2D eigenvalue weighted by Crippen LogP contribution is -2.08. The van der Waals surface area contributed by atoms with Gasteiger partial charge in [0.05, 0.1) is 30.5 Å². The number of thiophene rings is 1. The van der Waals surface area contributed by atoms with E-state index in [1.54, 1.807) is 48.5 Å². The largest absolute Gasteiger partial charge is 0.497 e. The number of anilines is 3. The van der Waals surface area contributed by atoms with E-state index in [1.165, 1.54) is 38.5 Å². The molecule has 0 spiro atoms. The maximum absolute atomic E-state index is 13.7. The number of ether oxygens (including phenoxy) is 2. The van der Waals surface area contributed by atoms with Crippen LogP contribution in [0.15, 0.2) is 82.6 Å². The third-order valence-corrected chi connectivity index (χ3v) is 8.54. The molecule has 1 heterocycles. The maximum Gasteiger partial charge on any atom is 0.211 e. The fraction of sp³-hybridized carbons (Fsp3) is 0.0800. The molecule has 35 heavy (non-hydrogen) atoms. The second-order valence-electron chi connectivity index (χ2n) is 7.35. The summed E-state index contributed by atoms with van der Waals surface area (Å²) in [6.45, 7) is 0. The summed E-state index contributed by atoms with van der Waals surface area (Å²) in [4.78, 5) is 13.3. The van der Waals surface area contributed by atoms with Crippen molar-refractivity contribution in [2.75, 3.05) is 25.3 Å². The molecule has 7 nitrogen and oxygen atoms in total. The number of carbonyl (C=O) groups excluding carboxylic acids is 1. The van der Waals surface area contributed by atoms with Crippen LogP contribution < -0.4 is 20.5 Å². The number of benzene rings is 3. The highest BCUT2D eigenvalue weighted by Crippen LogP contribution is 2.45. The number of ketones is 1. The summed E-state index contributed by atoms with van der Waals surface area (Å²) in [7, 11) is -1.12. The van der Waals surface area contributed by atoms with Crippen LogP contribution in [0.1, 0.15) is 15.2 Å². The molecule has 0 atom stereocenters. The van der Waals surface area contributed by atoms with Crippen molar-refractivity contribution >= 4 is 54.9 Å². The zero-order valence-electron chi connectivity index (χ0n) is 18.7. The summed E-state index contributed by atoms with van der Waals surface area (Å²) in [5.74, 6) is 0.564. The molecule has 1 aromatic heterocycles. The Hall–Kier alpha value is -3.53. The lowest BCUT2D eigenvalue weighted by molar-refractivity contribution is 0.104. The Bertz CT molecular complexity index is 1500. The molecule has 0 radical (unpaired) electrons. The van der Waals surface area contributed by atoms with Crippen molar-refractivity contribution in [2.45, 2.75) is 9.79 Å². The summed E-state index contributed by atoms with van der Waals surface area (Å²) in [6.07, 6.45) is 0. The van der Waals surface area contributed by atoms with E-state index >= 15 is 0 Å². The second kappa shape index (κ2) is 9.99. The lowest BCUT2D eigenvalue weighted by atomic mass is 10.1. The highest BCUT2D eigenvalue weighted by atomic mass is 35.5. The van der Waals surface area contributed by atoms with Crippen LogP contribution >= 0.6 is 22.9 Å². The van der Waals surface area contributed by atoms with Crippen molar-refractivity contribution < 1.29 is 22.7 Å². The first-order valence-corrected chi connectivity index (χ1v) is 13.0. The number of rotatable bonds is 8. The number of methoxy groups -OCH3 is 2. The molecular weight excluding hydrogens is 508 g/mol. The van der Waals surface area contributed by atoms with Crippen LogP contribution in [-0.2, 0) is 9.84 Å². The molecule has 0 aliphatic carbocycles.